The van der Waals surface area contributed by atoms with Crippen molar-refractivity contribution < 1.29 is 9.53 Å². The van der Waals surface area contributed by atoms with Crippen molar-refractivity contribution in [3.63, 3.8) is 0 Å². The Bertz CT molecular complexity index is 427. The zero-order chi connectivity index (χ0) is 12.1. The Morgan fingerprint density at radius 1 is 1.56 bits per heavy atom. The number of pyridine rings is 1. The molecular weight excluding hydrogens is 274 g/mol. The quantitative estimate of drug-likeness (QED) is 0.796. The van der Waals surface area contributed by atoms with Gasteiger partial charge in [0.25, 0.3) is 5.56 Å². The molecule has 1 aromatic rings. The minimum absolute atomic E-state index is 0.0530. The van der Waals surface area contributed by atoms with E-state index >= 15 is 0 Å². The summed E-state index contributed by atoms with van der Waals surface area (Å²) >= 11 is 3.24. The average Bonchev–Trinajstić information content (AvgIpc) is 2.23. The summed E-state index contributed by atoms with van der Waals surface area (Å²) in [4.78, 5) is 22.8. The Hall–Kier alpha value is -1.10. The van der Waals surface area contributed by atoms with Gasteiger partial charge in [0.1, 0.15) is 6.54 Å². The van der Waals surface area contributed by atoms with E-state index in [1.807, 2.05) is 13.8 Å². The van der Waals surface area contributed by atoms with Crippen molar-refractivity contribution in [1.82, 2.24) is 4.57 Å². The SMILES string of the molecule is CCC(C)OC(=O)Cn1cc(Br)ccc1=O. The lowest BCUT2D eigenvalue weighted by Gasteiger charge is -2.11. The summed E-state index contributed by atoms with van der Waals surface area (Å²) < 4.78 is 7.15. The molecule has 1 rings (SSSR count). The van der Waals surface area contributed by atoms with Gasteiger partial charge in [-0.3, -0.25) is 9.59 Å². The zero-order valence-electron chi connectivity index (χ0n) is 9.27. The Kier molecular flexibility index (Phi) is 4.73. The summed E-state index contributed by atoms with van der Waals surface area (Å²) in [6.07, 6.45) is 2.22. The fraction of sp³-hybridized carbons (Fsp3) is 0.455. The average molecular weight is 288 g/mol. The molecule has 0 radical (unpaired) electrons. The third-order valence-corrected chi connectivity index (χ3v) is 2.62. The molecule has 1 aromatic heterocycles. The molecule has 1 unspecified atom stereocenters. The maximum Gasteiger partial charge on any atom is 0.326 e. The number of hydrogen-bond donors (Lipinski definition) is 0. The zero-order valence-corrected chi connectivity index (χ0v) is 10.9. The molecule has 0 saturated heterocycles. The highest BCUT2D eigenvalue weighted by molar-refractivity contribution is 9.10. The number of ether oxygens (including phenoxy) is 1. The number of esters is 1. The maximum absolute atomic E-state index is 11.4. The van der Waals surface area contributed by atoms with Gasteiger partial charge in [-0.05, 0) is 35.3 Å². The second-order valence-corrected chi connectivity index (χ2v) is 4.44. The highest BCUT2D eigenvalue weighted by atomic mass is 79.9. The first kappa shape index (κ1) is 13.0. The molecule has 0 aliphatic carbocycles. The number of nitrogens with zero attached hydrogens (tertiary/aromatic N) is 1. The van der Waals surface area contributed by atoms with Gasteiger partial charge in [0.2, 0.25) is 0 Å². The van der Waals surface area contributed by atoms with Gasteiger partial charge < -0.3 is 9.30 Å². The van der Waals surface area contributed by atoms with E-state index in [9.17, 15) is 9.59 Å². The van der Waals surface area contributed by atoms with E-state index in [-0.39, 0.29) is 18.2 Å². The van der Waals surface area contributed by atoms with Crippen molar-refractivity contribution in [2.75, 3.05) is 0 Å². The predicted octanol–water partition coefficient (Wildman–Crippen LogP) is 1.95. The van der Waals surface area contributed by atoms with Crippen LogP contribution >= 0.6 is 15.9 Å². The van der Waals surface area contributed by atoms with Crippen molar-refractivity contribution in [2.24, 2.45) is 0 Å². The summed E-state index contributed by atoms with van der Waals surface area (Å²) in [5.74, 6) is -0.394. The van der Waals surface area contributed by atoms with E-state index in [0.717, 1.165) is 10.9 Å². The first-order valence-corrected chi connectivity index (χ1v) is 5.87. The molecular formula is C11H14BrNO3. The minimum atomic E-state index is -0.394. The Morgan fingerprint density at radius 2 is 2.25 bits per heavy atom. The second-order valence-electron chi connectivity index (χ2n) is 3.52. The Labute approximate surface area is 102 Å². The van der Waals surface area contributed by atoms with Crippen LogP contribution in [0, 0.1) is 0 Å². The number of carbonyl (C=O) groups is 1. The van der Waals surface area contributed by atoms with E-state index in [2.05, 4.69) is 15.9 Å². The fourth-order valence-corrected chi connectivity index (χ4v) is 1.49. The smallest absolute Gasteiger partial charge is 0.326 e. The number of hydrogen-bond acceptors (Lipinski definition) is 3. The standard InChI is InChI=1S/C11H14BrNO3/c1-3-8(2)16-11(15)7-13-6-9(12)4-5-10(13)14/h4-6,8H,3,7H2,1-2H3. The molecule has 1 atom stereocenters. The third kappa shape index (κ3) is 3.81. The summed E-state index contributed by atoms with van der Waals surface area (Å²) in [7, 11) is 0. The fourth-order valence-electron chi connectivity index (χ4n) is 1.11. The minimum Gasteiger partial charge on any atom is -0.461 e. The van der Waals surface area contributed by atoms with E-state index in [1.54, 1.807) is 12.3 Å². The second kappa shape index (κ2) is 5.84. The number of halogens is 1. The van der Waals surface area contributed by atoms with Crippen molar-refractivity contribution in [2.45, 2.75) is 32.9 Å². The summed E-state index contributed by atoms with van der Waals surface area (Å²) in [6.45, 7) is 3.70. The van der Waals surface area contributed by atoms with Gasteiger partial charge in [0, 0.05) is 16.7 Å². The van der Waals surface area contributed by atoms with Crippen LogP contribution in [-0.2, 0) is 16.1 Å². The van der Waals surface area contributed by atoms with Crippen LogP contribution in [0.15, 0.2) is 27.6 Å². The first-order valence-electron chi connectivity index (χ1n) is 5.08. The van der Waals surface area contributed by atoms with Gasteiger partial charge in [-0.1, -0.05) is 6.92 Å². The van der Waals surface area contributed by atoms with Crippen LogP contribution in [0.1, 0.15) is 20.3 Å². The molecule has 0 N–H and O–H groups in total. The molecule has 16 heavy (non-hydrogen) atoms. The monoisotopic (exact) mass is 287 g/mol. The molecule has 4 nitrogen and oxygen atoms in total. The van der Waals surface area contributed by atoms with Crippen LogP contribution in [0.2, 0.25) is 0 Å². The van der Waals surface area contributed by atoms with Crippen molar-refractivity contribution in [3.8, 4) is 0 Å². The Balaban J connectivity index is 2.69. The topological polar surface area (TPSA) is 48.3 Å². The van der Waals surface area contributed by atoms with E-state index in [1.165, 1.54) is 10.6 Å². The van der Waals surface area contributed by atoms with Gasteiger partial charge in [-0.15, -0.1) is 0 Å². The molecule has 0 amide bonds. The number of carbonyl (C=O) groups excluding carboxylic acids is 1. The van der Waals surface area contributed by atoms with Crippen LogP contribution in [0.5, 0.6) is 0 Å². The highest BCUT2D eigenvalue weighted by Gasteiger charge is 2.09. The van der Waals surface area contributed by atoms with Gasteiger partial charge in [0.05, 0.1) is 6.10 Å². The molecule has 1 heterocycles. The Morgan fingerprint density at radius 3 is 2.88 bits per heavy atom. The predicted molar refractivity (Wildman–Crippen MR) is 64.2 cm³/mol. The molecule has 0 spiro atoms. The molecule has 0 aromatic carbocycles. The number of aromatic nitrogens is 1. The first-order chi connectivity index (χ1) is 7.52. The lowest BCUT2D eigenvalue weighted by molar-refractivity contribution is -0.149. The largest absolute Gasteiger partial charge is 0.461 e. The molecule has 88 valence electrons. The van der Waals surface area contributed by atoms with E-state index < -0.39 is 5.97 Å². The van der Waals surface area contributed by atoms with Crippen LogP contribution in [0.25, 0.3) is 0 Å². The normalized spacial score (nSPS) is 12.2. The van der Waals surface area contributed by atoms with Crippen LogP contribution < -0.4 is 5.56 Å². The lowest BCUT2D eigenvalue weighted by atomic mass is 10.3. The molecule has 0 aliphatic heterocycles. The van der Waals surface area contributed by atoms with Crippen LogP contribution in [0.4, 0.5) is 0 Å². The molecule has 0 bridgehead atoms. The summed E-state index contributed by atoms with van der Waals surface area (Å²) in [6, 6.07) is 3.04. The maximum atomic E-state index is 11.4. The third-order valence-electron chi connectivity index (χ3n) is 2.15. The van der Waals surface area contributed by atoms with Gasteiger partial charge in [-0.2, -0.15) is 0 Å². The number of rotatable bonds is 4. The van der Waals surface area contributed by atoms with E-state index in [0.29, 0.717) is 0 Å². The molecule has 0 fully saturated rings. The van der Waals surface area contributed by atoms with Gasteiger partial charge in [-0.25, -0.2) is 0 Å². The van der Waals surface area contributed by atoms with Crippen molar-refractivity contribution >= 4 is 21.9 Å². The van der Waals surface area contributed by atoms with E-state index in [4.69, 9.17) is 4.74 Å². The summed E-state index contributed by atoms with van der Waals surface area (Å²) in [5.41, 5.74) is -0.218. The van der Waals surface area contributed by atoms with Gasteiger partial charge >= 0.3 is 5.97 Å². The summed E-state index contributed by atoms with van der Waals surface area (Å²) in [5, 5.41) is 0. The van der Waals surface area contributed by atoms with Crippen LogP contribution in [0.3, 0.4) is 0 Å². The molecule has 5 heteroatoms. The molecule has 0 saturated carbocycles. The molecule has 0 aliphatic rings. The van der Waals surface area contributed by atoms with Crippen molar-refractivity contribution in [3.05, 3.63) is 33.2 Å². The van der Waals surface area contributed by atoms with Gasteiger partial charge in [0.15, 0.2) is 0 Å². The van der Waals surface area contributed by atoms with Crippen molar-refractivity contribution in [1.29, 1.82) is 0 Å². The lowest BCUT2D eigenvalue weighted by Crippen LogP contribution is -2.26. The van der Waals surface area contributed by atoms with Crippen LogP contribution in [-0.4, -0.2) is 16.6 Å². The highest BCUT2D eigenvalue weighted by Crippen LogP contribution is 2.05.